The van der Waals surface area contributed by atoms with Crippen molar-refractivity contribution < 1.29 is 0 Å². The van der Waals surface area contributed by atoms with Gasteiger partial charge in [0, 0.05) is 0 Å². The molecule has 11 aromatic rings. The quantitative estimate of drug-likeness (QED) is 0.142. The van der Waals surface area contributed by atoms with E-state index in [0.717, 1.165) is 0 Å². The average Bonchev–Trinajstić information content (AvgIpc) is 3.34. The van der Waals surface area contributed by atoms with Crippen molar-refractivity contribution in [2.24, 2.45) is 0 Å². The number of benzene rings is 11. The summed E-state index contributed by atoms with van der Waals surface area (Å²) in [5.41, 5.74) is 16.8. The molecule has 0 spiro atoms. The molecule has 0 aliphatic rings. The Kier molecular flexibility index (Phi) is 8.95. The molecule has 0 amide bonds. The molecule has 60 heavy (non-hydrogen) atoms. The zero-order valence-electron chi connectivity index (χ0n) is 33.1. The Bertz CT molecular complexity index is 3250. The SMILES string of the molecule is c1ccc(-c2cccc(-c3cc(-c4cccc(-c5ccccc5)c4)cc(-c4cccc(-c5cccc(-c6ccc7ccc8c9ccccc9ccc8c7c6)c5)c4)c3)c2)cc1. The van der Waals surface area contributed by atoms with Crippen molar-refractivity contribution in [2.45, 2.75) is 0 Å². The van der Waals surface area contributed by atoms with Crippen molar-refractivity contribution in [3.8, 4) is 77.9 Å². The lowest BCUT2D eigenvalue weighted by atomic mass is 9.90. The van der Waals surface area contributed by atoms with E-state index in [2.05, 4.69) is 243 Å². The predicted octanol–water partition coefficient (Wildman–Crippen LogP) is 16.8. The van der Waals surface area contributed by atoms with Crippen molar-refractivity contribution in [2.75, 3.05) is 0 Å². The minimum atomic E-state index is 1.18. The third kappa shape index (κ3) is 6.75. The summed E-state index contributed by atoms with van der Waals surface area (Å²) in [6.45, 7) is 0. The second-order valence-electron chi connectivity index (χ2n) is 15.7. The van der Waals surface area contributed by atoms with Crippen LogP contribution in [0, 0.1) is 0 Å². The van der Waals surface area contributed by atoms with E-state index < -0.39 is 0 Å². The van der Waals surface area contributed by atoms with Gasteiger partial charge in [0.05, 0.1) is 0 Å². The van der Waals surface area contributed by atoms with E-state index in [1.54, 1.807) is 0 Å². The molecule has 0 aliphatic carbocycles. The lowest BCUT2D eigenvalue weighted by Gasteiger charge is -2.14. The van der Waals surface area contributed by atoms with E-state index in [-0.39, 0.29) is 0 Å². The Morgan fingerprint density at radius 2 is 0.433 bits per heavy atom. The third-order valence-corrected chi connectivity index (χ3v) is 12.0. The first-order valence-electron chi connectivity index (χ1n) is 20.7. The van der Waals surface area contributed by atoms with Crippen LogP contribution in [0.4, 0.5) is 0 Å². The normalized spacial score (nSPS) is 11.3. The van der Waals surface area contributed by atoms with Crippen LogP contribution in [0.25, 0.3) is 110 Å². The molecule has 280 valence electrons. The van der Waals surface area contributed by atoms with Crippen LogP contribution in [-0.2, 0) is 0 Å². The van der Waals surface area contributed by atoms with E-state index in [0.29, 0.717) is 0 Å². The second kappa shape index (κ2) is 15.2. The Labute approximate surface area is 351 Å². The van der Waals surface area contributed by atoms with Crippen LogP contribution >= 0.6 is 0 Å². The Morgan fingerprint density at radius 3 is 0.900 bits per heavy atom. The predicted molar refractivity (Wildman–Crippen MR) is 257 cm³/mol. The van der Waals surface area contributed by atoms with E-state index in [4.69, 9.17) is 0 Å². The molecule has 0 saturated carbocycles. The summed E-state index contributed by atoms with van der Waals surface area (Å²) < 4.78 is 0. The maximum absolute atomic E-state index is 2.37. The van der Waals surface area contributed by atoms with E-state index >= 15 is 0 Å². The molecule has 0 bridgehead atoms. The molecule has 0 aromatic heterocycles. The zero-order valence-corrected chi connectivity index (χ0v) is 33.1. The van der Waals surface area contributed by atoms with Gasteiger partial charge in [0.25, 0.3) is 0 Å². The molecule has 0 fully saturated rings. The van der Waals surface area contributed by atoms with Gasteiger partial charge in [0.15, 0.2) is 0 Å². The largest absolute Gasteiger partial charge is 0.0622 e. The van der Waals surface area contributed by atoms with Gasteiger partial charge in [-0.2, -0.15) is 0 Å². The third-order valence-electron chi connectivity index (χ3n) is 12.0. The Morgan fingerprint density at radius 1 is 0.133 bits per heavy atom. The minimum Gasteiger partial charge on any atom is -0.0622 e. The molecule has 0 heteroatoms. The molecule has 11 aromatic carbocycles. The minimum absolute atomic E-state index is 1.18. The molecule has 0 atom stereocenters. The highest BCUT2D eigenvalue weighted by molar-refractivity contribution is 6.17. The summed E-state index contributed by atoms with van der Waals surface area (Å²) in [5, 5.41) is 7.68. The van der Waals surface area contributed by atoms with Gasteiger partial charge in [-0.15, -0.1) is 0 Å². The Hall–Kier alpha value is -7.80. The lowest BCUT2D eigenvalue weighted by Crippen LogP contribution is -1.89. The number of fused-ring (bicyclic) bond motifs is 5. The van der Waals surface area contributed by atoms with Gasteiger partial charge in [-0.1, -0.05) is 194 Å². The first-order chi connectivity index (χ1) is 29.7. The molecule has 0 radical (unpaired) electrons. The molecule has 0 nitrogen and oxygen atoms in total. The molecule has 11 rings (SSSR count). The van der Waals surface area contributed by atoms with Gasteiger partial charge in [-0.3, -0.25) is 0 Å². The van der Waals surface area contributed by atoms with Crippen LogP contribution in [0.15, 0.2) is 243 Å². The first-order valence-corrected chi connectivity index (χ1v) is 20.7. The fraction of sp³-hybridized carbons (Fsp3) is 0. The molecular formula is C60H40. The van der Waals surface area contributed by atoms with E-state index in [9.17, 15) is 0 Å². The fourth-order valence-corrected chi connectivity index (χ4v) is 8.90. The first kappa shape index (κ1) is 35.4. The lowest BCUT2D eigenvalue weighted by molar-refractivity contribution is 1.54. The fourth-order valence-electron chi connectivity index (χ4n) is 8.90. The number of hydrogen-bond donors (Lipinski definition) is 0. The summed E-state index contributed by atoms with van der Waals surface area (Å²) in [5.74, 6) is 0. The molecule has 0 heterocycles. The highest BCUT2D eigenvalue weighted by atomic mass is 14.2. The summed E-state index contributed by atoms with van der Waals surface area (Å²) in [4.78, 5) is 0. The highest BCUT2D eigenvalue weighted by Crippen LogP contribution is 2.38. The van der Waals surface area contributed by atoms with Crippen molar-refractivity contribution >= 4 is 32.3 Å². The Balaban J connectivity index is 0.999. The van der Waals surface area contributed by atoms with Gasteiger partial charge < -0.3 is 0 Å². The van der Waals surface area contributed by atoms with Crippen molar-refractivity contribution in [3.63, 3.8) is 0 Å². The number of hydrogen-bond acceptors (Lipinski definition) is 0. The summed E-state index contributed by atoms with van der Waals surface area (Å²) in [7, 11) is 0. The van der Waals surface area contributed by atoms with Crippen LogP contribution in [0.2, 0.25) is 0 Å². The highest BCUT2D eigenvalue weighted by Gasteiger charge is 2.12. The van der Waals surface area contributed by atoms with Gasteiger partial charge >= 0.3 is 0 Å². The standard InChI is InChI=1S/C60H40/c1-3-13-41(14-4-1)45-18-9-23-50(33-45)54-37-55(51-24-10-19-46(34-51)42-15-5-2-6-16-42)39-56(38-54)52-25-12-21-48(36-52)47-20-11-22-49(35-47)53-28-27-44-30-31-58-57-26-8-7-17-43(57)29-32-59(58)60(44)40-53/h1-40H. The zero-order chi connectivity index (χ0) is 39.8. The smallest absolute Gasteiger partial charge is 0.00987 e. The number of rotatable bonds is 7. The summed E-state index contributed by atoms with van der Waals surface area (Å²) in [6, 6.07) is 88.9. The maximum atomic E-state index is 2.37. The monoisotopic (exact) mass is 760 g/mol. The van der Waals surface area contributed by atoms with Gasteiger partial charge in [-0.05, 0) is 159 Å². The van der Waals surface area contributed by atoms with Crippen molar-refractivity contribution in [1.29, 1.82) is 0 Å². The maximum Gasteiger partial charge on any atom is -0.00987 e. The molecule has 0 unspecified atom stereocenters. The summed E-state index contributed by atoms with van der Waals surface area (Å²) in [6.07, 6.45) is 0. The van der Waals surface area contributed by atoms with Crippen LogP contribution in [0.1, 0.15) is 0 Å². The molecule has 0 N–H and O–H groups in total. The summed E-state index contributed by atoms with van der Waals surface area (Å²) >= 11 is 0. The van der Waals surface area contributed by atoms with E-state index in [1.807, 2.05) is 0 Å². The van der Waals surface area contributed by atoms with Gasteiger partial charge in [-0.25, -0.2) is 0 Å². The van der Waals surface area contributed by atoms with Gasteiger partial charge in [0.1, 0.15) is 0 Å². The van der Waals surface area contributed by atoms with E-state index in [1.165, 1.54) is 110 Å². The van der Waals surface area contributed by atoms with Crippen LogP contribution < -0.4 is 0 Å². The average molecular weight is 761 g/mol. The van der Waals surface area contributed by atoms with Gasteiger partial charge in [0.2, 0.25) is 0 Å². The van der Waals surface area contributed by atoms with Crippen molar-refractivity contribution in [3.05, 3.63) is 243 Å². The van der Waals surface area contributed by atoms with Crippen LogP contribution in [0.5, 0.6) is 0 Å². The van der Waals surface area contributed by atoms with Crippen LogP contribution in [0.3, 0.4) is 0 Å². The van der Waals surface area contributed by atoms with Crippen LogP contribution in [-0.4, -0.2) is 0 Å². The molecule has 0 aliphatic heterocycles. The molecule has 0 saturated heterocycles. The topological polar surface area (TPSA) is 0 Å². The van der Waals surface area contributed by atoms with Crippen molar-refractivity contribution in [1.82, 2.24) is 0 Å². The molecular weight excluding hydrogens is 721 g/mol. The second-order valence-corrected chi connectivity index (χ2v) is 15.7.